The molecule has 0 radical (unpaired) electrons. The average Bonchev–Trinajstić information content (AvgIpc) is 2.21. The minimum absolute atomic E-state index is 0.151. The predicted octanol–water partition coefficient (Wildman–Crippen LogP) is 2.48. The zero-order valence-corrected chi connectivity index (χ0v) is 10.3. The van der Waals surface area contributed by atoms with Gasteiger partial charge >= 0.3 is 5.97 Å². The van der Waals surface area contributed by atoms with Crippen molar-refractivity contribution in [3.05, 3.63) is 0 Å². The van der Waals surface area contributed by atoms with Crippen molar-refractivity contribution in [1.29, 1.82) is 0 Å². The number of unbranched alkanes of at least 4 members (excludes halogenated alkanes) is 4. The van der Waals surface area contributed by atoms with Gasteiger partial charge in [-0.2, -0.15) is 0 Å². The summed E-state index contributed by atoms with van der Waals surface area (Å²) in [5.41, 5.74) is 5.65. The molecule has 0 saturated carbocycles. The first kappa shape index (κ1) is 14.4. The van der Waals surface area contributed by atoms with E-state index in [-0.39, 0.29) is 11.9 Å². The third-order valence-corrected chi connectivity index (χ3v) is 2.48. The molecule has 0 saturated heterocycles. The lowest BCUT2D eigenvalue weighted by molar-refractivity contribution is -0.146. The number of carbonyl (C=O) groups excluding carboxylic acids is 1. The molecule has 0 rings (SSSR count). The fraction of sp³-hybridized carbons (Fsp3) is 0.917. The van der Waals surface area contributed by atoms with Gasteiger partial charge in [0.1, 0.15) is 6.04 Å². The Labute approximate surface area is 93.4 Å². The standard InChI is InChI=1S/C12H25NO2/c1-4-5-6-7-8-9-15-12(14)11(13)10(2)3/h10-11H,4-9,13H2,1-3H3/t11-/m0/s1. The van der Waals surface area contributed by atoms with Gasteiger partial charge < -0.3 is 10.5 Å². The van der Waals surface area contributed by atoms with Crippen molar-refractivity contribution in [2.45, 2.75) is 58.9 Å². The molecule has 1 atom stereocenters. The molecule has 0 aromatic carbocycles. The van der Waals surface area contributed by atoms with Crippen LogP contribution in [-0.4, -0.2) is 18.6 Å². The van der Waals surface area contributed by atoms with Crippen LogP contribution in [0.1, 0.15) is 52.9 Å². The van der Waals surface area contributed by atoms with Gasteiger partial charge in [-0.15, -0.1) is 0 Å². The van der Waals surface area contributed by atoms with Gasteiger partial charge in [0.15, 0.2) is 0 Å². The van der Waals surface area contributed by atoms with Crippen LogP contribution in [0.15, 0.2) is 0 Å². The fourth-order valence-electron chi connectivity index (χ4n) is 1.25. The molecule has 0 fully saturated rings. The van der Waals surface area contributed by atoms with E-state index in [1.54, 1.807) is 0 Å². The monoisotopic (exact) mass is 215 g/mol. The SMILES string of the molecule is CCCCCCCOC(=O)[C@@H](N)C(C)C. The van der Waals surface area contributed by atoms with Crippen molar-refractivity contribution in [2.75, 3.05) is 6.61 Å². The minimum Gasteiger partial charge on any atom is -0.465 e. The van der Waals surface area contributed by atoms with Crippen LogP contribution >= 0.6 is 0 Å². The van der Waals surface area contributed by atoms with Gasteiger partial charge in [0, 0.05) is 0 Å². The fourth-order valence-corrected chi connectivity index (χ4v) is 1.25. The number of hydrogen-bond donors (Lipinski definition) is 1. The van der Waals surface area contributed by atoms with E-state index in [1.165, 1.54) is 19.3 Å². The largest absolute Gasteiger partial charge is 0.465 e. The number of hydrogen-bond acceptors (Lipinski definition) is 3. The van der Waals surface area contributed by atoms with Crippen molar-refractivity contribution in [3.8, 4) is 0 Å². The third-order valence-electron chi connectivity index (χ3n) is 2.48. The average molecular weight is 215 g/mol. The molecular weight excluding hydrogens is 190 g/mol. The summed E-state index contributed by atoms with van der Waals surface area (Å²) in [5.74, 6) is -0.113. The van der Waals surface area contributed by atoms with Gasteiger partial charge in [-0.05, 0) is 12.3 Å². The van der Waals surface area contributed by atoms with Crippen molar-refractivity contribution in [1.82, 2.24) is 0 Å². The van der Waals surface area contributed by atoms with Crippen LogP contribution < -0.4 is 5.73 Å². The van der Waals surface area contributed by atoms with E-state index in [1.807, 2.05) is 13.8 Å². The lowest BCUT2D eigenvalue weighted by atomic mass is 10.1. The second-order valence-corrected chi connectivity index (χ2v) is 4.35. The molecule has 3 heteroatoms. The Bertz CT molecular complexity index is 169. The smallest absolute Gasteiger partial charge is 0.323 e. The van der Waals surface area contributed by atoms with Crippen molar-refractivity contribution in [3.63, 3.8) is 0 Å². The summed E-state index contributed by atoms with van der Waals surface area (Å²) in [4.78, 5) is 11.3. The molecule has 0 aliphatic carbocycles. The summed E-state index contributed by atoms with van der Waals surface area (Å²) < 4.78 is 5.08. The normalized spacial score (nSPS) is 12.9. The predicted molar refractivity (Wildman–Crippen MR) is 62.5 cm³/mol. The van der Waals surface area contributed by atoms with Crippen molar-refractivity contribution >= 4 is 5.97 Å². The Kier molecular flexibility index (Phi) is 8.38. The maximum Gasteiger partial charge on any atom is 0.323 e. The molecule has 0 amide bonds. The number of ether oxygens (including phenoxy) is 1. The van der Waals surface area contributed by atoms with Gasteiger partial charge in [0.2, 0.25) is 0 Å². The summed E-state index contributed by atoms with van der Waals surface area (Å²) in [7, 11) is 0. The van der Waals surface area contributed by atoms with E-state index < -0.39 is 6.04 Å². The summed E-state index contributed by atoms with van der Waals surface area (Å²) in [6.07, 6.45) is 5.82. The first-order valence-electron chi connectivity index (χ1n) is 6.01. The van der Waals surface area contributed by atoms with Crippen LogP contribution in [0, 0.1) is 5.92 Å². The molecule has 2 N–H and O–H groups in total. The molecule has 0 heterocycles. The second kappa shape index (κ2) is 8.72. The van der Waals surface area contributed by atoms with Crippen LogP contribution in [0.4, 0.5) is 0 Å². The Morgan fingerprint density at radius 1 is 1.20 bits per heavy atom. The molecule has 15 heavy (non-hydrogen) atoms. The zero-order chi connectivity index (χ0) is 11.7. The third kappa shape index (κ3) is 7.37. The summed E-state index contributed by atoms with van der Waals surface area (Å²) in [5, 5.41) is 0. The molecule has 90 valence electrons. The maximum absolute atomic E-state index is 11.3. The lowest BCUT2D eigenvalue weighted by Gasteiger charge is -2.14. The van der Waals surface area contributed by atoms with E-state index in [2.05, 4.69) is 6.92 Å². The Balaban J connectivity index is 3.39. The highest BCUT2D eigenvalue weighted by Gasteiger charge is 2.18. The highest BCUT2D eigenvalue weighted by Crippen LogP contribution is 2.04. The first-order valence-corrected chi connectivity index (χ1v) is 6.01. The van der Waals surface area contributed by atoms with Gasteiger partial charge in [-0.25, -0.2) is 0 Å². The lowest BCUT2D eigenvalue weighted by Crippen LogP contribution is -2.37. The molecule has 0 bridgehead atoms. The highest BCUT2D eigenvalue weighted by molar-refractivity contribution is 5.75. The number of rotatable bonds is 8. The highest BCUT2D eigenvalue weighted by atomic mass is 16.5. The first-order chi connectivity index (χ1) is 7.09. The topological polar surface area (TPSA) is 52.3 Å². The molecule has 0 aliphatic heterocycles. The van der Waals surface area contributed by atoms with Gasteiger partial charge in [-0.3, -0.25) is 4.79 Å². The Hall–Kier alpha value is -0.570. The van der Waals surface area contributed by atoms with Crippen LogP contribution in [0.25, 0.3) is 0 Å². The molecule has 0 unspecified atom stereocenters. The zero-order valence-electron chi connectivity index (χ0n) is 10.3. The van der Waals surface area contributed by atoms with Crippen LogP contribution in [0.3, 0.4) is 0 Å². The number of nitrogens with two attached hydrogens (primary N) is 1. The Morgan fingerprint density at radius 3 is 2.33 bits per heavy atom. The van der Waals surface area contributed by atoms with Crippen molar-refractivity contribution < 1.29 is 9.53 Å². The molecule has 0 spiro atoms. The second-order valence-electron chi connectivity index (χ2n) is 4.35. The summed E-state index contributed by atoms with van der Waals surface area (Å²) in [6, 6.07) is -0.472. The van der Waals surface area contributed by atoms with E-state index in [9.17, 15) is 4.79 Å². The molecule has 0 aromatic heterocycles. The minimum atomic E-state index is -0.472. The quantitative estimate of drug-likeness (QED) is 0.500. The van der Waals surface area contributed by atoms with E-state index in [0.29, 0.717) is 6.61 Å². The van der Waals surface area contributed by atoms with Crippen LogP contribution in [-0.2, 0) is 9.53 Å². The summed E-state index contributed by atoms with van der Waals surface area (Å²) in [6.45, 7) is 6.55. The van der Waals surface area contributed by atoms with Gasteiger partial charge in [0.25, 0.3) is 0 Å². The van der Waals surface area contributed by atoms with Crippen molar-refractivity contribution in [2.24, 2.45) is 11.7 Å². The van der Waals surface area contributed by atoms with Crippen LogP contribution in [0.5, 0.6) is 0 Å². The van der Waals surface area contributed by atoms with E-state index in [4.69, 9.17) is 10.5 Å². The van der Waals surface area contributed by atoms with Gasteiger partial charge in [0.05, 0.1) is 6.61 Å². The maximum atomic E-state index is 11.3. The number of esters is 1. The van der Waals surface area contributed by atoms with E-state index >= 15 is 0 Å². The molecule has 3 nitrogen and oxygen atoms in total. The number of carbonyl (C=O) groups is 1. The summed E-state index contributed by atoms with van der Waals surface area (Å²) >= 11 is 0. The molecular formula is C12H25NO2. The Morgan fingerprint density at radius 2 is 1.80 bits per heavy atom. The van der Waals surface area contributed by atoms with Gasteiger partial charge in [-0.1, -0.05) is 46.5 Å². The van der Waals surface area contributed by atoms with Crippen LogP contribution in [0.2, 0.25) is 0 Å². The van der Waals surface area contributed by atoms with E-state index in [0.717, 1.165) is 12.8 Å². The molecule has 0 aliphatic rings. The molecule has 0 aromatic rings.